The van der Waals surface area contributed by atoms with Crippen molar-refractivity contribution >= 4 is 43.1 Å². The summed E-state index contributed by atoms with van der Waals surface area (Å²) in [4.78, 5) is 12.2. The topological polar surface area (TPSA) is 17.1 Å². The van der Waals surface area contributed by atoms with Gasteiger partial charge in [-0.1, -0.05) is 34.1 Å². The fourth-order valence-corrected chi connectivity index (χ4v) is 3.45. The first-order valence-corrected chi connectivity index (χ1v) is 7.76. The number of benzene rings is 2. The lowest BCUT2D eigenvalue weighted by Gasteiger charge is -2.03. The van der Waals surface area contributed by atoms with Crippen LogP contribution < -0.4 is 0 Å². The van der Waals surface area contributed by atoms with Crippen molar-refractivity contribution in [3.63, 3.8) is 0 Å². The van der Waals surface area contributed by atoms with Gasteiger partial charge in [-0.25, -0.2) is 4.39 Å². The van der Waals surface area contributed by atoms with Crippen LogP contribution in [-0.4, -0.2) is 5.78 Å². The third kappa shape index (κ3) is 2.53. The predicted octanol–water partition coefficient (Wildman–Crippen LogP) is 5.23. The highest BCUT2D eigenvalue weighted by molar-refractivity contribution is 9.10. The third-order valence-corrected chi connectivity index (χ3v) is 4.65. The second-order valence-corrected chi connectivity index (χ2v) is 6.31. The van der Waals surface area contributed by atoms with Crippen LogP contribution >= 0.6 is 27.3 Å². The molecule has 0 N–H and O–H groups in total. The van der Waals surface area contributed by atoms with E-state index in [2.05, 4.69) is 15.9 Å². The summed E-state index contributed by atoms with van der Waals surface area (Å²) in [5.74, 6) is -0.678. The molecule has 3 rings (SSSR count). The summed E-state index contributed by atoms with van der Waals surface area (Å²) in [7, 11) is 0. The fraction of sp³-hybridized carbons (Fsp3) is 0.0625. The van der Waals surface area contributed by atoms with Crippen molar-refractivity contribution < 1.29 is 9.18 Å². The Hall–Kier alpha value is -1.52. The van der Waals surface area contributed by atoms with Gasteiger partial charge in [0.2, 0.25) is 0 Å². The van der Waals surface area contributed by atoms with E-state index in [1.54, 1.807) is 17.4 Å². The van der Waals surface area contributed by atoms with Crippen molar-refractivity contribution in [2.75, 3.05) is 0 Å². The predicted molar refractivity (Wildman–Crippen MR) is 84.0 cm³/mol. The van der Waals surface area contributed by atoms with E-state index in [0.29, 0.717) is 4.47 Å². The van der Waals surface area contributed by atoms with Crippen LogP contribution in [0.2, 0.25) is 0 Å². The normalized spacial score (nSPS) is 10.9. The summed E-state index contributed by atoms with van der Waals surface area (Å²) in [5.41, 5.74) is 1.10. The molecule has 0 saturated heterocycles. The number of hydrogen-bond donors (Lipinski definition) is 0. The van der Waals surface area contributed by atoms with E-state index < -0.39 is 5.82 Å². The molecule has 0 aliphatic carbocycles. The van der Waals surface area contributed by atoms with Crippen LogP contribution in [0.4, 0.5) is 4.39 Å². The van der Waals surface area contributed by atoms with Crippen molar-refractivity contribution in [3.05, 3.63) is 69.3 Å². The molecule has 0 aliphatic rings. The molecule has 3 aromatic rings. The van der Waals surface area contributed by atoms with Gasteiger partial charge in [-0.15, -0.1) is 11.3 Å². The molecule has 0 aliphatic heterocycles. The molecule has 2 aromatic carbocycles. The summed E-state index contributed by atoms with van der Waals surface area (Å²) in [5, 5.41) is 3.04. The van der Waals surface area contributed by atoms with Crippen LogP contribution in [0.5, 0.6) is 0 Å². The number of Topliss-reactive ketones (excluding diaryl/α,β-unsaturated/α-hetero) is 1. The van der Waals surface area contributed by atoms with Crippen LogP contribution in [0.15, 0.2) is 52.3 Å². The van der Waals surface area contributed by atoms with E-state index in [4.69, 9.17) is 0 Å². The zero-order valence-corrected chi connectivity index (χ0v) is 12.8. The average molecular weight is 349 g/mol. The summed E-state index contributed by atoms with van der Waals surface area (Å²) in [6.07, 6.45) is 0.225. The van der Waals surface area contributed by atoms with E-state index in [9.17, 15) is 9.18 Å². The first kappa shape index (κ1) is 13.5. The van der Waals surface area contributed by atoms with E-state index >= 15 is 0 Å². The lowest BCUT2D eigenvalue weighted by atomic mass is 10.0. The van der Waals surface area contributed by atoms with Gasteiger partial charge < -0.3 is 0 Å². The smallest absolute Gasteiger partial charge is 0.170 e. The van der Waals surface area contributed by atoms with Gasteiger partial charge in [-0.05, 0) is 40.6 Å². The highest BCUT2D eigenvalue weighted by Gasteiger charge is 2.14. The maximum atomic E-state index is 13.8. The van der Waals surface area contributed by atoms with Crippen molar-refractivity contribution in [3.8, 4) is 0 Å². The lowest BCUT2D eigenvalue weighted by Crippen LogP contribution is -2.05. The van der Waals surface area contributed by atoms with E-state index in [0.717, 1.165) is 15.6 Å². The Morgan fingerprint density at radius 3 is 2.80 bits per heavy atom. The van der Waals surface area contributed by atoms with Crippen molar-refractivity contribution in [2.45, 2.75) is 6.42 Å². The molecule has 0 bridgehead atoms. The maximum absolute atomic E-state index is 13.8. The van der Waals surface area contributed by atoms with Gasteiger partial charge in [-0.2, -0.15) is 0 Å². The van der Waals surface area contributed by atoms with Crippen LogP contribution in [0, 0.1) is 5.82 Å². The van der Waals surface area contributed by atoms with Gasteiger partial charge in [0.1, 0.15) is 5.82 Å². The summed E-state index contributed by atoms with van der Waals surface area (Å²) >= 11 is 4.79. The second kappa shape index (κ2) is 5.46. The second-order valence-electron chi connectivity index (χ2n) is 4.48. The SMILES string of the molecule is O=C(Cc1csc2ccccc12)c1ccc(Br)cc1F. The Balaban J connectivity index is 1.92. The molecule has 0 radical (unpaired) electrons. The van der Waals surface area contributed by atoms with Crippen LogP contribution in [0.25, 0.3) is 10.1 Å². The fourth-order valence-electron chi connectivity index (χ4n) is 2.15. The van der Waals surface area contributed by atoms with Crippen LogP contribution in [0.1, 0.15) is 15.9 Å². The Bertz CT molecular complexity index is 794. The zero-order chi connectivity index (χ0) is 14.1. The van der Waals surface area contributed by atoms with Gasteiger partial charge in [0, 0.05) is 15.6 Å². The average Bonchev–Trinajstić information content (AvgIpc) is 2.82. The van der Waals surface area contributed by atoms with Crippen molar-refractivity contribution in [1.82, 2.24) is 0 Å². The van der Waals surface area contributed by atoms with E-state index in [1.165, 1.54) is 12.1 Å². The number of halogens is 2. The quantitative estimate of drug-likeness (QED) is 0.592. The first-order chi connectivity index (χ1) is 9.65. The van der Waals surface area contributed by atoms with Gasteiger partial charge in [-0.3, -0.25) is 4.79 Å². The van der Waals surface area contributed by atoms with Gasteiger partial charge in [0.15, 0.2) is 5.78 Å². The number of thiophene rings is 1. The number of carbonyl (C=O) groups excluding carboxylic acids is 1. The van der Waals surface area contributed by atoms with Crippen molar-refractivity contribution in [2.24, 2.45) is 0 Å². The van der Waals surface area contributed by atoms with Crippen LogP contribution in [0.3, 0.4) is 0 Å². The molecule has 1 aromatic heterocycles. The third-order valence-electron chi connectivity index (χ3n) is 3.14. The van der Waals surface area contributed by atoms with Crippen molar-refractivity contribution in [1.29, 1.82) is 0 Å². The number of carbonyl (C=O) groups is 1. The Labute approximate surface area is 128 Å². The molecule has 4 heteroatoms. The molecule has 100 valence electrons. The van der Waals surface area contributed by atoms with Gasteiger partial charge in [0.25, 0.3) is 0 Å². The first-order valence-electron chi connectivity index (χ1n) is 6.08. The minimum atomic E-state index is -0.482. The summed E-state index contributed by atoms with van der Waals surface area (Å²) in [6, 6.07) is 12.5. The molecule has 1 nitrogen and oxygen atoms in total. The standard InChI is InChI=1S/C16H10BrFOS/c17-11-5-6-13(14(18)8-11)15(19)7-10-9-20-16-4-2-1-3-12(10)16/h1-6,8-9H,7H2. The molecule has 0 amide bonds. The number of hydrogen-bond acceptors (Lipinski definition) is 2. The molecule has 1 heterocycles. The molecular formula is C16H10BrFOS. The molecule has 0 atom stereocenters. The molecule has 0 saturated carbocycles. The molecule has 0 fully saturated rings. The minimum absolute atomic E-state index is 0.142. The monoisotopic (exact) mass is 348 g/mol. The number of fused-ring (bicyclic) bond motifs is 1. The molecule has 0 unspecified atom stereocenters. The molecular weight excluding hydrogens is 339 g/mol. The van der Waals surface area contributed by atoms with Gasteiger partial charge >= 0.3 is 0 Å². The Morgan fingerprint density at radius 1 is 1.20 bits per heavy atom. The maximum Gasteiger partial charge on any atom is 0.170 e. The molecule has 20 heavy (non-hydrogen) atoms. The highest BCUT2D eigenvalue weighted by atomic mass is 79.9. The molecule has 0 spiro atoms. The lowest BCUT2D eigenvalue weighted by molar-refractivity contribution is 0.0989. The summed E-state index contributed by atoms with van der Waals surface area (Å²) < 4.78 is 15.6. The minimum Gasteiger partial charge on any atom is -0.294 e. The Kier molecular flexibility index (Phi) is 3.68. The highest BCUT2D eigenvalue weighted by Crippen LogP contribution is 2.27. The van der Waals surface area contributed by atoms with Crippen LogP contribution in [-0.2, 0) is 6.42 Å². The largest absolute Gasteiger partial charge is 0.294 e. The zero-order valence-electron chi connectivity index (χ0n) is 10.4. The Morgan fingerprint density at radius 2 is 2.00 bits per heavy atom. The summed E-state index contributed by atoms with van der Waals surface area (Å²) in [6.45, 7) is 0. The van der Waals surface area contributed by atoms with Gasteiger partial charge in [0.05, 0.1) is 5.56 Å². The number of rotatable bonds is 3. The van der Waals surface area contributed by atoms with E-state index in [1.807, 2.05) is 29.6 Å². The van der Waals surface area contributed by atoms with E-state index in [-0.39, 0.29) is 17.8 Å². The number of ketones is 1.